The van der Waals surface area contributed by atoms with Crippen molar-refractivity contribution in [3.8, 4) is 5.75 Å². The van der Waals surface area contributed by atoms with Crippen molar-refractivity contribution in [3.05, 3.63) is 49.2 Å². The number of allylic oxidation sites excluding steroid dienone is 1. The molecule has 0 aliphatic carbocycles. The summed E-state index contributed by atoms with van der Waals surface area (Å²) in [5.41, 5.74) is 1.59. The lowest BCUT2D eigenvalue weighted by molar-refractivity contribution is 0.136. The van der Waals surface area contributed by atoms with Crippen LogP contribution in [0.1, 0.15) is 12.5 Å². The lowest BCUT2D eigenvalue weighted by atomic mass is 10.1. The Morgan fingerprint density at radius 3 is 2.67 bits per heavy atom. The molecule has 15 heavy (non-hydrogen) atoms. The lowest BCUT2D eigenvalue weighted by Crippen LogP contribution is -2.07. The Labute approximate surface area is 88.6 Å². The Morgan fingerprint density at radius 1 is 1.40 bits per heavy atom. The second-order valence-corrected chi connectivity index (χ2v) is 2.91. The van der Waals surface area contributed by atoms with E-state index in [1.807, 2.05) is 19.1 Å². The molecular weight excluding hydrogens is 192 g/mol. The summed E-state index contributed by atoms with van der Waals surface area (Å²) in [4.78, 5) is 11.0. The van der Waals surface area contributed by atoms with Crippen molar-refractivity contribution in [2.24, 2.45) is 0 Å². The maximum absolute atomic E-state index is 11.0. The number of hydrogen-bond donors (Lipinski definition) is 0. The maximum atomic E-state index is 11.0. The first-order chi connectivity index (χ1) is 7.15. The Bertz CT molecular complexity index is 394. The number of benzene rings is 1. The number of carbonyl (C=O) groups is 1. The molecule has 0 unspecified atom stereocenters. The van der Waals surface area contributed by atoms with Gasteiger partial charge in [-0.2, -0.15) is 0 Å². The SMILES string of the molecule is C=COC(=O)Oc1ccccc1C(=C)C. The third-order valence-electron chi connectivity index (χ3n) is 1.72. The highest BCUT2D eigenvalue weighted by Gasteiger charge is 2.08. The molecule has 0 amide bonds. The van der Waals surface area contributed by atoms with E-state index in [0.717, 1.165) is 17.4 Å². The highest BCUT2D eigenvalue weighted by molar-refractivity contribution is 5.72. The summed E-state index contributed by atoms with van der Waals surface area (Å²) < 4.78 is 9.41. The molecule has 1 rings (SSSR count). The molecule has 1 aromatic rings. The van der Waals surface area contributed by atoms with Crippen molar-refractivity contribution in [1.29, 1.82) is 0 Å². The van der Waals surface area contributed by atoms with Crippen LogP contribution in [-0.2, 0) is 4.74 Å². The number of carbonyl (C=O) groups excluding carboxylic acids is 1. The molecule has 78 valence electrons. The summed E-state index contributed by atoms with van der Waals surface area (Å²) in [6, 6.07) is 7.10. The predicted molar refractivity (Wildman–Crippen MR) is 58.5 cm³/mol. The van der Waals surface area contributed by atoms with E-state index in [1.54, 1.807) is 12.1 Å². The number of rotatable bonds is 3. The zero-order valence-electron chi connectivity index (χ0n) is 8.53. The van der Waals surface area contributed by atoms with Crippen molar-refractivity contribution in [2.45, 2.75) is 6.92 Å². The first-order valence-corrected chi connectivity index (χ1v) is 4.39. The Hall–Kier alpha value is -2.03. The van der Waals surface area contributed by atoms with Crippen LogP contribution in [0, 0.1) is 0 Å². The summed E-state index contributed by atoms with van der Waals surface area (Å²) in [5, 5.41) is 0. The van der Waals surface area contributed by atoms with Crippen LogP contribution in [0.25, 0.3) is 5.57 Å². The summed E-state index contributed by atoms with van der Waals surface area (Å²) >= 11 is 0. The normalized spacial score (nSPS) is 9.13. The summed E-state index contributed by atoms with van der Waals surface area (Å²) in [6.45, 7) is 8.88. The second-order valence-electron chi connectivity index (χ2n) is 2.91. The second kappa shape index (κ2) is 5.00. The van der Waals surface area contributed by atoms with E-state index in [2.05, 4.69) is 17.9 Å². The third kappa shape index (κ3) is 2.98. The van der Waals surface area contributed by atoms with Crippen molar-refractivity contribution >= 4 is 11.7 Å². The zero-order valence-corrected chi connectivity index (χ0v) is 8.53. The highest BCUT2D eigenvalue weighted by atomic mass is 16.7. The van der Waals surface area contributed by atoms with E-state index in [9.17, 15) is 4.79 Å². The average Bonchev–Trinajstić information content (AvgIpc) is 2.18. The first kappa shape index (κ1) is 11.0. The Balaban J connectivity index is 2.89. The Morgan fingerprint density at radius 2 is 2.07 bits per heavy atom. The molecule has 0 N–H and O–H groups in total. The van der Waals surface area contributed by atoms with Gasteiger partial charge in [-0.05, 0) is 18.6 Å². The lowest BCUT2D eigenvalue weighted by Gasteiger charge is -2.07. The van der Waals surface area contributed by atoms with Gasteiger partial charge in [0, 0.05) is 5.56 Å². The van der Waals surface area contributed by atoms with Crippen molar-refractivity contribution in [2.75, 3.05) is 0 Å². The van der Waals surface area contributed by atoms with Gasteiger partial charge in [0.1, 0.15) is 5.75 Å². The van der Waals surface area contributed by atoms with Gasteiger partial charge in [-0.3, -0.25) is 0 Å². The molecule has 0 aliphatic rings. The van der Waals surface area contributed by atoms with Gasteiger partial charge < -0.3 is 9.47 Å². The quantitative estimate of drug-likeness (QED) is 0.430. The fourth-order valence-electron chi connectivity index (χ4n) is 1.09. The fourth-order valence-corrected chi connectivity index (χ4v) is 1.09. The molecule has 0 atom stereocenters. The van der Waals surface area contributed by atoms with Crippen LogP contribution in [0.4, 0.5) is 4.79 Å². The van der Waals surface area contributed by atoms with Crippen molar-refractivity contribution in [3.63, 3.8) is 0 Å². The van der Waals surface area contributed by atoms with E-state index in [-0.39, 0.29) is 0 Å². The van der Waals surface area contributed by atoms with Gasteiger partial charge in [-0.1, -0.05) is 31.4 Å². The molecule has 3 heteroatoms. The van der Waals surface area contributed by atoms with Crippen LogP contribution in [0.15, 0.2) is 43.7 Å². The summed E-state index contributed by atoms with van der Waals surface area (Å²) in [7, 11) is 0. The van der Waals surface area contributed by atoms with Crippen LogP contribution >= 0.6 is 0 Å². The van der Waals surface area contributed by atoms with Gasteiger partial charge in [0.2, 0.25) is 0 Å². The molecule has 0 radical (unpaired) electrons. The molecular formula is C12H12O3. The van der Waals surface area contributed by atoms with Gasteiger partial charge in [0.05, 0.1) is 6.26 Å². The number of para-hydroxylation sites is 1. The molecule has 0 saturated carbocycles. The van der Waals surface area contributed by atoms with Crippen LogP contribution < -0.4 is 4.74 Å². The van der Waals surface area contributed by atoms with E-state index in [0.29, 0.717) is 5.75 Å². The molecule has 0 fully saturated rings. The largest absolute Gasteiger partial charge is 0.518 e. The summed E-state index contributed by atoms with van der Waals surface area (Å²) in [5.74, 6) is 0.428. The van der Waals surface area contributed by atoms with Crippen LogP contribution in [0.2, 0.25) is 0 Å². The Kier molecular flexibility index (Phi) is 3.68. The van der Waals surface area contributed by atoms with Crippen LogP contribution in [0.5, 0.6) is 5.75 Å². The molecule has 0 spiro atoms. The van der Waals surface area contributed by atoms with Gasteiger partial charge in [-0.25, -0.2) is 4.79 Å². The van der Waals surface area contributed by atoms with Crippen molar-refractivity contribution < 1.29 is 14.3 Å². The monoisotopic (exact) mass is 204 g/mol. The number of hydrogen-bond acceptors (Lipinski definition) is 3. The minimum Gasteiger partial charge on any atom is -0.403 e. The molecule has 0 heterocycles. The van der Waals surface area contributed by atoms with Gasteiger partial charge >= 0.3 is 6.16 Å². The van der Waals surface area contributed by atoms with Gasteiger partial charge in [-0.15, -0.1) is 0 Å². The molecule has 3 nitrogen and oxygen atoms in total. The van der Waals surface area contributed by atoms with Crippen molar-refractivity contribution in [1.82, 2.24) is 0 Å². The van der Waals surface area contributed by atoms with Crippen LogP contribution in [-0.4, -0.2) is 6.16 Å². The third-order valence-corrected chi connectivity index (χ3v) is 1.72. The maximum Gasteiger partial charge on any atom is 0.518 e. The molecule has 0 bridgehead atoms. The molecule has 0 saturated heterocycles. The molecule has 1 aromatic carbocycles. The van der Waals surface area contributed by atoms with Gasteiger partial charge in [0.15, 0.2) is 0 Å². The topological polar surface area (TPSA) is 35.5 Å². The van der Waals surface area contributed by atoms with E-state index < -0.39 is 6.16 Å². The van der Waals surface area contributed by atoms with E-state index in [1.165, 1.54) is 0 Å². The zero-order chi connectivity index (χ0) is 11.3. The van der Waals surface area contributed by atoms with Crippen LogP contribution in [0.3, 0.4) is 0 Å². The smallest absolute Gasteiger partial charge is 0.403 e. The first-order valence-electron chi connectivity index (χ1n) is 4.39. The van der Waals surface area contributed by atoms with E-state index >= 15 is 0 Å². The average molecular weight is 204 g/mol. The highest BCUT2D eigenvalue weighted by Crippen LogP contribution is 2.24. The molecule has 0 aromatic heterocycles. The predicted octanol–water partition coefficient (Wildman–Crippen LogP) is 3.38. The summed E-state index contributed by atoms with van der Waals surface area (Å²) in [6.07, 6.45) is 0.213. The standard InChI is InChI=1S/C12H12O3/c1-4-14-12(13)15-11-8-6-5-7-10(11)9(2)3/h4-8H,1-2H2,3H3. The minimum absolute atomic E-state index is 0.428. The van der Waals surface area contributed by atoms with E-state index in [4.69, 9.17) is 4.74 Å². The fraction of sp³-hybridized carbons (Fsp3) is 0.0833. The van der Waals surface area contributed by atoms with Gasteiger partial charge in [0.25, 0.3) is 0 Å². The molecule has 0 aliphatic heterocycles. The number of ether oxygens (including phenoxy) is 2. The minimum atomic E-state index is -0.807.